The summed E-state index contributed by atoms with van der Waals surface area (Å²) < 4.78 is 0. The standard InChI is InChI=1S/C7H12N2S/c1-5-7(2,3)9-6(8-4)10-5/h1H2,2-4H3,(H,8,9). The van der Waals surface area contributed by atoms with Crippen molar-refractivity contribution in [1.29, 1.82) is 0 Å². The van der Waals surface area contributed by atoms with E-state index in [2.05, 4.69) is 30.7 Å². The lowest BCUT2D eigenvalue weighted by Crippen LogP contribution is -2.35. The quantitative estimate of drug-likeness (QED) is 0.576. The number of hydrogen-bond donors (Lipinski definition) is 1. The van der Waals surface area contributed by atoms with Crippen LogP contribution in [-0.4, -0.2) is 17.8 Å². The number of nitrogens with zero attached hydrogens (tertiary/aromatic N) is 1. The molecule has 0 unspecified atom stereocenters. The van der Waals surface area contributed by atoms with Crippen LogP contribution in [0.1, 0.15) is 13.8 Å². The topological polar surface area (TPSA) is 24.4 Å². The molecule has 10 heavy (non-hydrogen) atoms. The van der Waals surface area contributed by atoms with Gasteiger partial charge in [0.1, 0.15) is 0 Å². The van der Waals surface area contributed by atoms with Crippen LogP contribution in [0.25, 0.3) is 0 Å². The Morgan fingerprint density at radius 1 is 1.60 bits per heavy atom. The second kappa shape index (κ2) is 2.31. The van der Waals surface area contributed by atoms with E-state index in [0.717, 1.165) is 10.1 Å². The van der Waals surface area contributed by atoms with Crippen molar-refractivity contribution >= 4 is 16.9 Å². The lowest BCUT2D eigenvalue weighted by atomic mass is 10.1. The highest BCUT2D eigenvalue weighted by atomic mass is 32.2. The van der Waals surface area contributed by atoms with Crippen LogP contribution in [-0.2, 0) is 0 Å². The van der Waals surface area contributed by atoms with Crippen LogP contribution in [0.2, 0.25) is 0 Å². The first-order valence-corrected chi connectivity index (χ1v) is 4.00. The molecule has 0 amide bonds. The molecule has 1 saturated heterocycles. The maximum atomic E-state index is 4.04. The van der Waals surface area contributed by atoms with Gasteiger partial charge in [0.15, 0.2) is 5.17 Å². The van der Waals surface area contributed by atoms with Gasteiger partial charge in [-0.2, -0.15) is 0 Å². The Balaban J connectivity index is 2.81. The lowest BCUT2D eigenvalue weighted by molar-refractivity contribution is 0.582. The number of aliphatic imine (C=N–C) groups is 1. The van der Waals surface area contributed by atoms with E-state index in [1.54, 1.807) is 18.8 Å². The zero-order valence-electron chi connectivity index (χ0n) is 6.56. The number of thioether (sulfide) groups is 1. The van der Waals surface area contributed by atoms with Crippen molar-refractivity contribution in [2.75, 3.05) is 7.05 Å². The molecule has 0 spiro atoms. The molecule has 0 aromatic heterocycles. The minimum absolute atomic E-state index is 0.0134. The van der Waals surface area contributed by atoms with Crippen molar-refractivity contribution in [2.24, 2.45) is 4.99 Å². The van der Waals surface area contributed by atoms with Gasteiger partial charge in [0.25, 0.3) is 0 Å². The molecule has 2 nitrogen and oxygen atoms in total. The van der Waals surface area contributed by atoms with Crippen molar-refractivity contribution in [3.63, 3.8) is 0 Å². The van der Waals surface area contributed by atoms with Gasteiger partial charge in [0.05, 0.1) is 5.54 Å². The van der Waals surface area contributed by atoms with Crippen LogP contribution in [0, 0.1) is 0 Å². The number of nitrogens with one attached hydrogen (secondary N) is 1. The predicted octanol–water partition coefficient (Wildman–Crippen LogP) is 1.60. The molecule has 1 heterocycles. The molecule has 0 saturated carbocycles. The van der Waals surface area contributed by atoms with Gasteiger partial charge < -0.3 is 5.32 Å². The summed E-state index contributed by atoms with van der Waals surface area (Å²) in [7, 11) is 1.78. The first-order valence-electron chi connectivity index (χ1n) is 3.18. The van der Waals surface area contributed by atoms with E-state index < -0.39 is 0 Å². The van der Waals surface area contributed by atoms with Crippen LogP contribution >= 0.6 is 11.8 Å². The van der Waals surface area contributed by atoms with Crippen LogP contribution in [0.4, 0.5) is 0 Å². The normalized spacial score (nSPS) is 27.1. The molecule has 1 aliphatic heterocycles. The fourth-order valence-corrected chi connectivity index (χ4v) is 1.65. The molecular formula is C7H12N2S. The Kier molecular flexibility index (Phi) is 1.77. The van der Waals surface area contributed by atoms with E-state index in [1.807, 2.05) is 0 Å². The summed E-state index contributed by atoms with van der Waals surface area (Å²) in [6, 6.07) is 0. The van der Waals surface area contributed by atoms with E-state index in [4.69, 9.17) is 0 Å². The minimum atomic E-state index is 0.0134. The summed E-state index contributed by atoms with van der Waals surface area (Å²) >= 11 is 1.62. The van der Waals surface area contributed by atoms with E-state index >= 15 is 0 Å². The third-order valence-corrected chi connectivity index (χ3v) is 2.77. The van der Waals surface area contributed by atoms with Gasteiger partial charge in [0, 0.05) is 12.0 Å². The molecule has 1 N–H and O–H groups in total. The SMILES string of the molecule is C=C1SC(=NC)NC1(C)C. The summed E-state index contributed by atoms with van der Waals surface area (Å²) in [6.07, 6.45) is 0. The third kappa shape index (κ3) is 1.19. The molecule has 56 valence electrons. The van der Waals surface area contributed by atoms with Crippen molar-refractivity contribution in [3.05, 3.63) is 11.5 Å². The Labute approximate surface area is 65.8 Å². The molecule has 3 heteroatoms. The van der Waals surface area contributed by atoms with E-state index in [1.165, 1.54) is 0 Å². The molecule has 0 radical (unpaired) electrons. The van der Waals surface area contributed by atoms with Gasteiger partial charge in [-0.15, -0.1) is 0 Å². The van der Waals surface area contributed by atoms with Gasteiger partial charge in [-0.3, -0.25) is 4.99 Å². The van der Waals surface area contributed by atoms with Gasteiger partial charge in [0.2, 0.25) is 0 Å². The fourth-order valence-electron chi connectivity index (χ4n) is 0.708. The largest absolute Gasteiger partial charge is 0.355 e. The Morgan fingerprint density at radius 2 is 2.20 bits per heavy atom. The zero-order valence-corrected chi connectivity index (χ0v) is 7.38. The Hall–Kier alpha value is -0.440. The number of rotatable bonds is 0. The maximum Gasteiger partial charge on any atom is 0.161 e. The summed E-state index contributed by atoms with van der Waals surface area (Å²) in [6.45, 7) is 8.12. The van der Waals surface area contributed by atoms with Crippen molar-refractivity contribution < 1.29 is 0 Å². The van der Waals surface area contributed by atoms with E-state index in [-0.39, 0.29) is 5.54 Å². The summed E-state index contributed by atoms with van der Waals surface area (Å²) in [5.74, 6) is 0. The molecule has 0 bridgehead atoms. The first-order chi connectivity index (χ1) is 4.56. The van der Waals surface area contributed by atoms with Crippen molar-refractivity contribution in [1.82, 2.24) is 5.32 Å². The molecule has 1 aliphatic rings. The molecule has 0 atom stereocenters. The van der Waals surface area contributed by atoms with Crippen LogP contribution in [0.15, 0.2) is 16.5 Å². The van der Waals surface area contributed by atoms with E-state index in [0.29, 0.717) is 0 Å². The molecule has 0 aliphatic carbocycles. The van der Waals surface area contributed by atoms with Gasteiger partial charge >= 0.3 is 0 Å². The Morgan fingerprint density at radius 3 is 2.40 bits per heavy atom. The molecule has 0 aromatic rings. The minimum Gasteiger partial charge on any atom is -0.355 e. The summed E-state index contributed by atoms with van der Waals surface area (Å²) in [4.78, 5) is 5.17. The highest BCUT2D eigenvalue weighted by molar-refractivity contribution is 8.17. The zero-order chi connectivity index (χ0) is 7.78. The molecule has 1 fully saturated rings. The van der Waals surface area contributed by atoms with Crippen LogP contribution in [0.3, 0.4) is 0 Å². The average Bonchev–Trinajstić information content (AvgIpc) is 2.08. The number of hydrogen-bond acceptors (Lipinski definition) is 2. The summed E-state index contributed by atoms with van der Waals surface area (Å²) in [5.41, 5.74) is 0.0134. The fraction of sp³-hybridized carbons (Fsp3) is 0.571. The van der Waals surface area contributed by atoms with Crippen LogP contribution < -0.4 is 5.32 Å². The second-order valence-corrected chi connectivity index (χ2v) is 3.89. The highest BCUT2D eigenvalue weighted by Crippen LogP contribution is 2.33. The molecule has 1 rings (SSSR count). The van der Waals surface area contributed by atoms with Gasteiger partial charge in [-0.1, -0.05) is 18.3 Å². The smallest absolute Gasteiger partial charge is 0.161 e. The Bertz CT molecular complexity index is 194. The average molecular weight is 156 g/mol. The van der Waals surface area contributed by atoms with Crippen LogP contribution in [0.5, 0.6) is 0 Å². The van der Waals surface area contributed by atoms with Crippen molar-refractivity contribution in [3.8, 4) is 0 Å². The highest BCUT2D eigenvalue weighted by Gasteiger charge is 2.31. The van der Waals surface area contributed by atoms with Gasteiger partial charge in [-0.25, -0.2) is 0 Å². The molecular weight excluding hydrogens is 144 g/mol. The monoisotopic (exact) mass is 156 g/mol. The predicted molar refractivity (Wildman–Crippen MR) is 47.3 cm³/mol. The molecule has 0 aromatic carbocycles. The van der Waals surface area contributed by atoms with Gasteiger partial charge in [-0.05, 0) is 13.8 Å². The van der Waals surface area contributed by atoms with Crippen molar-refractivity contribution in [2.45, 2.75) is 19.4 Å². The third-order valence-electron chi connectivity index (χ3n) is 1.54. The number of amidine groups is 1. The lowest BCUT2D eigenvalue weighted by Gasteiger charge is -2.17. The maximum absolute atomic E-state index is 4.04. The first kappa shape index (κ1) is 7.66. The summed E-state index contributed by atoms with van der Waals surface area (Å²) in [5, 5.41) is 4.21. The van der Waals surface area contributed by atoms with E-state index in [9.17, 15) is 0 Å². The second-order valence-electron chi connectivity index (χ2n) is 2.80.